The molecule has 0 aliphatic carbocycles. The second kappa shape index (κ2) is 8.48. The second-order valence-corrected chi connectivity index (χ2v) is 7.02. The molecule has 1 fully saturated rings. The number of rotatable bonds is 5. The molecule has 0 atom stereocenters. The fourth-order valence-corrected chi connectivity index (χ4v) is 3.31. The molecule has 0 radical (unpaired) electrons. The molecule has 0 N–H and O–H groups in total. The van der Waals surface area contributed by atoms with Crippen LogP contribution in [0.2, 0.25) is 5.02 Å². The van der Waals surface area contributed by atoms with E-state index >= 15 is 0 Å². The molecule has 1 aliphatic rings. The molecule has 0 bridgehead atoms. The molecule has 2 aromatic carbocycles. The third kappa shape index (κ3) is 5.20. The van der Waals surface area contributed by atoms with Crippen LogP contribution in [0.15, 0.2) is 60.2 Å². The lowest BCUT2D eigenvalue weighted by Gasteiger charge is -2.35. The van der Waals surface area contributed by atoms with Gasteiger partial charge in [0.2, 0.25) is 0 Å². The smallest absolute Gasteiger partial charge is 0.0406 e. The van der Waals surface area contributed by atoms with Crippen LogP contribution >= 0.6 is 11.6 Å². The molecule has 3 rings (SSSR count). The predicted octanol–water partition coefficient (Wildman–Crippen LogP) is 4.56. The Bertz CT molecular complexity index is 656. The SMILES string of the molecule is CC(=Cc1ccccc1)CN1CCN(Cc2ccc(Cl)cc2)CC1. The third-order valence-electron chi connectivity index (χ3n) is 4.47. The molecular formula is C21H25ClN2. The summed E-state index contributed by atoms with van der Waals surface area (Å²) in [7, 11) is 0. The van der Waals surface area contributed by atoms with Crippen LogP contribution < -0.4 is 0 Å². The van der Waals surface area contributed by atoms with Crippen LogP contribution in [0, 0.1) is 0 Å². The maximum absolute atomic E-state index is 5.95. The number of hydrogen-bond donors (Lipinski definition) is 0. The van der Waals surface area contributed by atoms with Gasteiger partial charge in [0.15, 0.2) is 0 Å². The fourth-order valence-electron chi connectivity index (χ4n) is 3.19. The summed E-state index contributed by atoms with van der Waals surface area (Å²) in [5.74, 6) is 0. The highest BCUT2D eigenvalue weighted by Gasteiger charge is 2.16. The van der Waals surface area contributed by atoms with Crippen LogP contribution in [0.1, 0.15) is 18.1 Å². The molecule has 0 amide bonds. The van der Waals surface area contributed by atoms with Crippen molar-refractivity contribution in [2.45, 2.75) is 13.5 Å². The average molecular weight is 341 g/mol. The van der Waals surface area contributed by atoms with E-state index in [1.165, 1.54) is 16.7 Å². The quantitative estimate of drug-likeness (QED) is 0.787. The second-order valence-electron chi connectivity index (χ2n) is 6.58. The standard InChI is InChI=1S/C21H25ClN2/c1-18(15-19-5-3-2-4-6-19)16-23-11-13-24(14-12-23)17-20-7-9-21(22)10-8-20/h2-10,15H,11-14,16-17H2,1H3. The number of halogens is 1. The van der Waals surface area contributed by atoms with Crippen LogP contribution in [0.25, 0.3) is 6.08 Å². The van der Waals surface area contributed by atoms with Crippen molar-refractivity contribution in [3.8, 4) is 0 Å². The van der Waals surface area contributed by atoms with E-state index < -0.39 is 0 Å². The van der Waals surface area contributed by atoms with Gasteiger partial charge < -0.3 is 0 Å². The van der Waals surface area contributed by atoms with Crippen LogP contribution in [0.3, 0.4) is 0 Å². The van der Waals surface area contributed by atoms with Gasteiger partial charge in [0, 0.05) is 44.3 Å². The zero-order chi connectivity index (χ0) is 16.8. The summed E-state index contributed by atoms with van der Waals surface area (Å²) in [6.45, 7) is 8.82. The summed E-state index contributed by atoms with van der Waals surface area (Å²) in [5.41, 5.74) is 4.05. The van der Waals surface area contributed by atoms with Crippen molar-refractivity contribution >= 4 is 17.7 Å². The minimum absolute atomic E-state index is 0.809. The van der Waals surface area contributed by atoms with Gasteiger partial charge in [0.25, 0.3) is 0 Å². The molecule has 2 nitrogen and oxygen atoms in total. The Labute approximate surface area is 150 Å². The lowest BCUT2D eigenvalue weighted by Crippen LogP contribution is -2.46. The van der Waals surface area contributed by atoms with Gasteiger partial charge in [-0.25, -0.2) is 0 Å². The van der Waals surface area contributed by atoms with E-state index in [1.54, 1.807) is 0 Å². The van der Waals surface area contributed by atoms with E-state index in [-0.39, 0.29) is 0 Å². The average Bonchev–Trinajstić information content (AvgIpc) is 2.59. The van der Waals surface area contributed by atoms with Gasteiger partial charge in [-0.1, -0.05) is 65.7 Å². The first-order chi connectivity index (χ1) is 11.7. The number of hydrogen-bond acceptors (Lipinski definition) is 2. The molecule has 2 aromatic rings. The van der Waals surface area contributed by atoms with Crippen molar-refractivity contribution in [3.05, 3.63) is 76.3 Å². The maximum Gasteiger partial charge on any atom is 0.0406 e. The summed E-state index contributed by atoms with van der Waals surface area (Å²) in [6, 6.07) is 18.8. The molecule has 0 aromatic heterocycles. The fraction of sp³-hybridized carbons (Fsp3) is 0.333. The molecule has 0 spiro atoms. The summed E-state index contributed by atoms with van der Waals surface area (Å²) >= 11 is 5.95. The van der Waals surface area contributed by atoms with Gasteiger partial charge in [-0.3, -0.25) is 9.80 Å². The Balaban J connectivity index is 1.46. The van der Waals surface area contributed by atoms with E-state index in [9.17, 15) is 0 Å². The predicted molar refractivity (Wildman–Crippen MR) is 103 cm³/mol. The van der Waals surface area contributed by atoms with Crippen molar-refractivity contribution in [1.82, 2.24) is 9.80 Å². The molecule has 0 saturated carbocycles. The zero-order valence-corrected chi connectivity index (χ0v) is 15.0. The van der Waals surface area contributed by atoms with Crippen molar-refractivity contribution in [3.63, 3.8) is 0 Å². The van der Waals surface area contributed by atoms with E-state index in [2.05, 4.69) is 65.3 Å². The third-order valence-corrected chi connectivity index (χ3v) is 4.72. The molecule has 1 saturated heterocycles. The maximum atomic E-state index is 5.95. The summed E-state index contributed by atoms with van der Waals surface area (Å²) < 4.78 is 0. The van der Waals surface area contributed by atoms with Crippen molar-refractivity contribution < 1.29 is 0 Å². The van der Waals surface area contributed by atoms with Gasteiger partial charge in [0.05, 0.1) is 0 Å². The Morgan fingerprint density at radius 3 is 2.21 bits per heavy atom. The van der Waals surface area contributed by atoms with Gasteiger partial charge in [0.1, 0.15) is 0 Å². The molecule has 1 heterocycles. The number of piperazine rings is 1. The highest BCUT2D eigenvalue weighted by Crippen LogP contribution is 2.14. The van der Waals surface area contributed by atoms with E-state index in [1.807, 2.05) is 12.1 Å². The Morgan fingerprint density at radius 2 is 1.54 bits per heavy atom. The summed E-state index contributed by atoms with van der Waals surface area (Å²) in [5, 5.41) is 0.809. The van der Waals surface area contributed by atoms with Gasteiger partial charge in [-0.05, 0) is 30.2 Å². The van der Waals surface area contributed by atoms with Gasteiger partial charge in [-0.2, -0.15) is 0 Å². The largest absolute Gasteiger partial charge is 0.297 e. The monoisotopic (exact) mass is 340 g/mol. The van der Waals surface area contributed by atoms with Crippen molar-refractivity contribution in [2.75, 3.05) is 32.7 Å². The van der Waals surface area contributed by atoms with E-state index in [0.29, 0.717) is 0 Å². The van der Waals surface area contributed by atoms with Gasteiger partial charge >= 0.3 is 0 Å². The van der Waals surface area contributed by atoms with Gasteiger partial charge in [-0.15, -0.1) is 0 Å². The Kier molecular flexibility index (Phi) is 6.08. The molecule has 0 unspecified atom stereocenters. The first-order valence-electron chi connectivity index (χ1n) is 8.60. The molecule has 1 aliphatic heterocycles. The minimum Gasteiger partial charge on any atom is -0.297 e. The first kappa shape index (κ1) is 17.2. The molecule has 126 valence electrons. The van der Waals surface area contributed by atoms with Crippen LogP contribution in [0.4, 0.5) is 0 Å². The highest BCUT2D eigenvalue weighted by atomic mass is 35.5. The molecule has 24 heavy (non-hydrogen) atoms. The number of nitrogens with zero attached hydrogens (tertiary/aromatic N) is 2. The zero-order valence-electron chi connectivity index (χ0n) is 14.3. The first-order valence-corrected chi connectivity index (χ1v) is 8.98. The van der Waals surface area contributed by atoms with Crippen LogP contribution in [-0.4, -0.2) is 42.5 Å². The van der Waals surface area contributed by atoms with Crippen LogP contribution in [0.5, 0.6) is 0 Å². The van der Waals surface area contributed by atoms with E-state index in [4.69, 9.17) is 11.6 Å². The minimum atomic E-state index is 0.809. The molecule has 3 heteroatoms. The van der Waals surface area contributed by atoms with Crippen molar-refractivity contribution in [2.24, 2.45) is 0 Å². The number of benzene rings is 2. The van der Waals surface area contributed by atoms with Crippen LogP contribution in [-0.2, 0) is 6.54 Å². The topological polar surface area (TPSA) is 6.48 Å². The lowest BCUT2D eigenvalue weighted by molar-refractivity contribution is 0.135. The van der Waals surface area contributed by atoms with Crippen molar-refractivity contribution in [1.29, 1.82) is 0 Å². The van der Waals surface area contributed by atoms with E-state index in [0.717, 1.165) is 44.3 Å². The lowest BCUT2D eigenvalue weighted by atomic mass is 10.1. The highest BCUT2D eigenvalue weighted by molar-refractivity contribution is 6.30. The normalized spacial score (nSPS) is 17.2. The molecular weight excluding hydrogens is 316 g/mol. The summed E-state index contributed by atoms with van der Waals surface area (Å²) in [6.07, 6.45) is 2.29. The summed E-state index contributed by atoms with van der Waals surface area (Å²) in [4.78, 5) is 5.07. The Morgan fingerprint density at radius 1 is 0.917 bits per heavy atom. The Hall–Kier alpha value is -1.61.